The van der Waals surface area contributed by atoms with E-state index in [2.05, 4.69) is 0 Å². The SMILES string of the molecule is Nc1cccc(OP(=O)(Oc2cccc(N)c2)c2ccccc2)c1. The lowest BCUT2D eigenvalue weighted by Gasteiger charge is -2.20. The molecule has 24 heavy (non-hydrogen) atoms. The third kappa shape index (κ3) is 3.70. The molecule has 122 valence electrons. The molecule has 0 amide bonds. The molecule has 0 aromatic heterocycles. The van der Waals surface area contributed by atoms with Gasteiger partial charge in [-0.2, -0.15) is 0 Å². The zero-order valence-electron chi connectivity index (χ0n) is 12.8. The van der Waals surface area contributed by atoms with Crippen molar-refractivity contribution in [1.29, 1.82) is 0 Å². The summed E-state index contributed by atoms with van der Waals surface area (Å²) in [4.78, 5) is 0. The van der Waals surface area contributed by atoms with E-state index in [1.165, 1.54) is 0 Å². The number of hydrogen-bond acceptors (Lipinski definition) is 5. The molecule has 3 aromatic rings. The summed E-state index contributed by atoms with van der Waals surface area (Å²) in [6.07, 6.45) is 0. The highest BCUT2D eigenvalue weighted by Gasteiger charge is 2.31. The van der Waals surface area contributed by atoms with Gasteiger partial charge in [0, 0.05) is 23.5 Å². The fourth-order valence-corrected chi connectivity index (χ4v) is 3.72. The Kier molecular flexibility index (Phi) is 4.45. The second-order valence-electron chi connectivity index (χ2n) is 5.16. The Balaban J connectivity index is 1.99. The molecule has 4 N–H and O–H groups in total. The first-order valence-electron chi connectivity index (χ1n) is 7.31. The smallest absolute Gasteiger partial charge is 0.413 e. The van der Waals surface area contributed by atoms with Crippen LogP contribution in [0.2, 0.25) is 0 Å². The van der Waals surface area contributed by atoms with Gasteiger partial charge in [0.25, 0.3) is 0 Å². The van der Waals surface area contributed by atoms with Crippen LogP contribution in [0.25, 0.3) is 0 Å². The lowest BCUT2D eigenvalue weighted by Crippen LogP contribution is -2.14. The summed E-state index contributed by atoms with van der Waals surface area (Å²) >= 11 is 0. The zero-order valence-corrected chi connectivity index (χ0v) is 13.7. The predicted molar refractivity (Wildman–Crippen MR) is 96.6 cm³/mol. The quantitative estimate of drug-likeness (QED) is 0.544. The van der Waals surface area contributed by atoms with Gasteiger partial charge in [-0.25, -0.2) is 4.57 Å². The number of hydrogen-bond donors (Lipinski definition) is 2. The maximum absolute atomic E-state index is 13.5. The van der Waals surface area contributed by atoms with E-state index >= 15 is 0 Å². The molecule has 0 spiro atoms. The van der Waals surface area contributed by atoms with Gasteiger partial charge in [0.1, 0.15) is 11.5 Å². The van der Waals surface area contributed by atoms with Crippen molar-refractivity contribution in [3.63, 3.8) is 0 Å². The van der Waals surface area contributed by atoms with Gasteiger partial charge in [0.15, 0.2) is 0 Å². The van der Waals surface area contributed by atoms with Crippen molar-refractivity contribution in [2.45, 2.75) is 0 Å². The molecule has 0 aliphatic rings. The van der Waals surface area contributed by atoms with Crippen molar-refractivity contribution >= 4 is 24.3 Å². The Bertz CT molecular complexity index is 833. The van der Waals surface area contributed by atoms with Crippen molar-refractivity contribution in [3.05, 3.63) is 78.9 Å². The number of nitrogen functional groups attached to an aromatic ring is 2. The van der Waals surface area contributed by atoms with E-state index in [1.54, 1.807) is 72.8 Å². The molecular formula is C18H17N2O3P. The summed E-state index contributed by atoms with van der Waals surface area (Å²) in [6, 6.07) is 22.2. The first-order valence-corrected chi connectivity index (χ1v) is 8.85. The van der Waals surface area contributed by atoms with E-state index in [4.69, 9.17) is 20.5 Å². The molecular weight excluding hydrogens is 323 g/mol. The minimum atomic E-state index is -3.67. The Morgan fingerprint density at radius 3 is 1.62 bits per heavy atom. The van der Waals surface area contributed by atoms with Crippen LogP contribution < -0.4 is 25.8 Å². The van der Waals surface area contributed by atoms with Gasteiger partial charge in [-0.3, -0.25) is 0 Å². The van der Waals surface area contributed by atoms with E-state index in [9.17, 15) is 4.57 Å². The molecule has 3 rings (SSSR count). The average molecular weight is 340 g/mol. The van der Waals surface area contributed by atoms with Crippen molar-refractivity contribution in [1.82, 2.24) is 0 Å². The van der Waals surface area contributed by atoms with E-state index in [0.29, 0.717) is 28.2 Å². The summed E-state index contributed by atoms with van der Waals surface area (Å²) in [7, 11) is -3.67. The maximum Gasteiger partial charge on any atom is 0.462 e. The van der Waals surface area contributed by atoms with Crippen LogP contribution in [0.15, 0.2) is 78.9 Å². The molecule has 5 nitrogen and oxygen atoms in total. The summed E-state index contributed by atoms with van der Waals surface area (Å²) in [5.41, 5.74) is 12.5. The predicted octanol–water partition coefficient (Wildman–Crippen LogP) is 3.83. The maximum atomic E-state index is 13.5. The van der Waals surface area contributed by atoms with Crippen LogP contribution in [0.4, 0.5) is 11.4 Å². The molecule has 0 fully saturated rings. The number of rotatable bonds is 5. The van der Waals surface area contributed by atoms with Crippen molar-refractivity contribution in [2.24, 2.45) is 0 Å². The topological polar surface area (TPSA) is 87.6 Å². The summed E-state index contributed by atoms with van der Waals surface area (Å²) in [5.74, 6) is 0.733. The van der Waals surface area contributed by atoms with Gasteiger partial charge in [-0.1, -0.05) is 30.3 Å². The van der Waals surface area contributed by atoms with Crippen molar-refractivity contribution in [2.75, 3.05) is 11.5 Å². The molecule has 0 atom stereocenters. The third-order valence-electron chi connectivity index (χ3n) is 3.24. The number of anilines is 2. The molecule has 3 aromatic carbocycles. The highest BCUT2D eigenvalue weighted by Crippen LogP contribution is 2.47. The van der Waals surface area contributed by atoms with E-state index in [-0.39, 0.29) is 0 Å². The van der Waals surface area contributed by atoms with E-state index < -0.39 is 7.60 Å². The molecule has 0 saturated heterocycles. The molecule has 0 bridgehead atoms. The van der Waals surface area contributed by atoms with Crippen LogP contribution in [0.1, 0.15) is 0 Å². The summed E-state index contributed by atoms with van der Waals surface area (Å²) in [6.45, 7) is 0. The lowest BCUT2D eigenvalue weighted by atomic mass is 10.3. The van der Waals surface area contributed by atoms with Crippen LogP contribution in [-0.4, -0.2) is 0 Å². The molecule has 0 saturated carbocycles. The van der Waals surface area contributed by atoms with Crippen molar-refractivity contribution < 1.29 is 13.6 Å². The molecule has 0 heterocycles. The van der Waals surface area contributed by atoms with Crippen LogP contribution >= 0.6 is 7.60 Å². The Hall–Kier alpha value is -2.91. The monoisotopic (exact) mass is 340 g/mol. The first kappa shape index (κ1) is 16.0. The Morgan fingerprint density at radius 2 is 1.17 bits per heavy atom. The van der Waals surface area contributed by atoms with E-state index in [1.807, 2.05) is 6.07 Å². The van der Waals surface area contributed by atoms with Gasteiger partial charge in [0.2, 0.25) is 0 Å². The van der Waals surface area contributed by atoms with Crippen LogP contribution in [-0.2, 0) is 4.57 Å². The highest BCUT2D eigenvalue weighted by atomic mass is 31.2. The third-order valence-corrected chi connectivity index (χ3v) is 5.07. The minimum Gasteiger partial charge on any atom is -0.413 e. The normalized spacial score (nSPS) is 11.0. The number of nitrogens with two attached hydrogens (primary N) is 2. The van der Waals surface area contributed by atoms with Crippen molar-refractivity contribution in [3.8, 4) is 11.5 Å². The van der Waals surface area contributed by atoms with Gasteiger partial charge >= 0.3 is 7.60 Å². The highest BCUT2D eigenvalue weighted by molar-refractivity contribution is 7.63. The molecule has 0 aliphatic heterocycles. The Morgan fingerprint density at radius 1 is 0.667 bits per heavy atom. The lowest BCUT2D eigenvalue weighted by molar-refractivity contribution is 0.399. The van der Waals surface area contributed by atoms with Gasteiger partial charge in [0.05, 0.1) is 5.30 Å². The largest absolute Gasteiger partial charge is 0.462 e. The standard InChI is InChI=1S/C18H17N2O3P/c19-14-6-4-8-16(12-14)22-24(21,18-10-2-1-3-11-18)23-17-9-5-7-15(20)13-17/h1-13H,19-20H2. The molecule has 0 unspecified atom stereocenters. The number of benzene rings is 3. The van der Waals surface area contributed by atoms with Crippen LogP contribution in [0, 0.1) is 0 Å². The van der Waals surface area contributed by atoms with Gasteiger partial charge in [-0.05, 0) is 36.4 Å². The fourth-order valence-electron chi connectivity index (χ4n) is 2.15. The summed E-state index contributed by atoms with van der Waals surface area (Å²) in [5, 5.41) is 0.440. The zero-order chi connectivity index (χ0) is 17.0. The second-order valence-corrected chi connectivity index (χ2v) is 7.04. The second kappa shape index (κ2) is 6.69. The fraction of sp³-hybridized carbons (Fsp3) is 0. The molecule has 0 radical (unpaired) electrons. The van der Waals surface area contributed by atoms with Crippen LogP contribution in [0.5, 0.6) is 11.5 Å². The van der Waals surface area contributed by atoms with Crippen LogP contribution in [0.3, 0.4) is 0 Å². The van der Waals surface area contributed by atoms with E-state index in [0.717, 1.165) is 0 Å². The average Bonchev–Trinajstić information content (AvgIpc) is 2.55. The van der Waals surface area contributed by atoms with Gasteiger partial charge < -0.3 is 20.5 Å². The molecule has 6 heteroatoms. The minimum absolute atomic E-state index is 0.367. The summed E-state index contributed by atoms with van der Waals surface area (Å²) < 4.78 is 24.9. The Labute approximate surface area is 140 Å². The van der Waals surface area contributed by atoms with Gasteiger partial charge in [-0.15, -0.1) is 0 Å². The molecule has 0 aliphatic carbocycles. The first-order chi connectivity index (χ1) is 11.5.